The fourth-order valence-electron chi connectivity index (χ4n) is 3.04. The van der Waals surface area contributed by atoms with Crippen LogP contribution in [-0.2, 0) is 0 Å². The predicted octanol–water partition coefficient (Wildman–Crippen LogP) is 2.00. The van der Waals surface area contributed by atoms with E-state index < -0.39 is 0 Å². The normalized spacial score (nSPS) is 23.1. The van der Waals surface area contributed by atoms with Gasteiger partial charge in [0.05, 0.1) is 0 Å². The van der Waals surface area contributed by atoms with Crippen molar-refractivity contribution in [1.82, 2.24) is 19.9 Å². The van der Waals surface area contributed by atoms with Crippen LogP contribution in [-0.4, -0.2) is 40.8 Å². The van der Waals surface area contributed by atoms with Crippen LogP contribution in [0, 0.1) is 6.92 Å². The highest BCUT2D eigenvalue weighted by atomic mass is 15.4. The van der Waals surface area contributed by atoms with Crippen LogP contribution in [0.3, 0.4) is 0 Å². The Labute approximate surface area is 120 Å². The summed E-state index contributed by atoms with van der Waals surface area (Å²) >= 11 is 0. The number of aryl methyl sites for hydroxylation is 1. The van der Waals surface area contributed by atoms with E-state index in [4.69, 9.17) is 0 Å². The maximum Gasteiger partial charge on any atom is 0.245 e. The van der Waals surface area contributed by atoms with E-state index in [1.807, 2.05) is 16.8 Å². The van der Waals surface area contributed by atoms with Crippen LogP contribution in [0.5, 0.6) is 0 Å². The minimum Gasteiger partial charge on any atom is -0.340 e. The molecule has 0 saturated heterocycles. The lowest BCUT2D eigenvalue weighted by Crippen LogP contribution is -2.40. The molecule has 0 spiro atoms. The van der Waals surface area contributed by atoms with E-state index in [9.17, 15) is 0 Å². The topological polar surface area (TPSA) is 45.5 Å². The SMILES string of the molecule is CNC1CCC(N(C)c2nc3ccc(C)cn3n2)CC1. The lowest BCUT2D eigenvalue weighted by Gasteiger charge is -2.33. The summed E-state index contributed by atoms with van der Waals surface area (Å²) in [5, 5.41) is 7.98. The predicted molar refractivity (Wildman–Crippen MR) is 81.2 cm³/mol. The van der Waals surface area contributed by atoms with E-state index >= 15 is 0 Å². The van der Waals surface area contributed by atoms with Gasteiger partial charge in [-0.25, -0.2) is 4.52 Å². The van der Waals surface area contributed by atoms with Crippen LogP contribution in [0.4, 0.5) is 5.95 Å². The Morgan fingerprint density at radius 3 is 2.70 bits per heavy atom. The van der Waals surface area contributed by atoms with E-state index in [1.165, 1.54) is 31.2 Å². The summed E-state index contributed by atoms with van der Waals surface area (Å²) in [6.45, 7) is 2.07. The first-order valence-corrected chi connectivity index (χ1v) is 7.40. The fourth-order valence-corrected chi connectivity index (χ4v) is 3.04. The number of hydrogen-bond donors (Lipinski definition) is 1. The molecular formula is C15H23N5. The smallest absolute Gasteiger partial charge is 0.245 e. The molecule has 1 aliphatic rings. The first-order chi connectivity index (χ1) is 9.67. The van der Waals surface area contributed by atoms with Crippen LogP contribution < -0.4 is 10.2 Å². The molecule has 1 aliphatic carbocycles. The zero-order valence-electron chi connectivity index (χ0n) is 12.5. The Morgan fingerprint density at radius 1 is 1.25 bits per heavy atom. The van der Waals surface area contributed by atoms with Crippen molar-refractivity contribution >= 4 is 11.6 Å². The van der Waals surface area contributed by atoms with Gasteiger partial charge in [-0.2, -0.15) is 4.98 Å². The summed E-state index contributed by atoms with van der Waals surface area (Å²) in [6.07, 6.45) is 6.90. The van der Waals surface area contributed by atoms with Crippen molar-refractivity contribution in [3.05, 3.63) is 23.9 Å². The van der Waals surface area contributed by atoms with Gasteiger partial charge in [0, 0.05) is 25.3 Å². The quantitative estimate of drug-likeness (QED) is 0.929. The van der Waals surface area contributed by atoms with E-state index in [-0.39, 0.29) is 0 Å². The van der Waals surface area contributed by atoms with Crippen molar-refractivity contribution in [1.29, 1.82) is 0 Å². The molecule has 0 aromatic carbocycles. The molecule has 0 bridgehead atoms. The average molecular weight is 273 g/mol. The molecule has 5 nitrogen and oxygen atoms in total. The molecule has 1 N–H and O–H groups in total. The number of nitrogens with zero attached hydrogens (tertiary/aromatic N) is 4. The first-order valence-electron chi connectivity index (χ1n) is 7.40. The number of anilines is 1. The van der Waals surface area contributed by atoms with Gasteiger partial charge in [-0.3, -0.25) is 0 Å². The molecular weight excluding hydrogens is 250 g/mol. The third-order valence-corrected chi connectivity index (χ3v) is 4.44. The second kappa shape index (κ2) is 5.40. The molecule has 2 heterocycles. The van der Waals surface area contributed by atoms with Crippen molar-refractivity contribution in [2.45, 2.75) is 44.7 Å². The van der Waals surface area contributed by atoms with Gasteiger partial charge in [-0.1, -0.05) is 6.07 Å². The Kier molecular flexibility index (Phi) is 3.61. The maximum absolute atomic E-state index is 4.63. The fraction of sp³-hybridized carbons (Fsp3) is 0.600. The first kappa shape index (κ1) is 13.4. The third-order valence-electron chi connectivity index (χ3n) is 4.44. The lowest BCUT2D eigenvalue weighted by atomic mass is 9.90. The lowest BCUT2D eigenvalue weighted by molar-refractivity contribution is 0.349. The zero-order valence-corrected chi connectivity index (χ0v) is 12.5. The Balaban J connectivity index is 1.77. The van der Waals surface area contributed by atoms with E-state index in [1.54, 1.807) is 0 Å². The van der Waals surface area contributed by atoms with Gasteiger partial charge in [0.25, 0.3) is 0 Å². The Hall–Kier alpha value is -1.62. The molecule has 1 fully saturated rings. The van der Waals surface area contributed by atoms with Gasteiger partial charge in [-0.15, -0.1) is 5.10 Å². The second-order valence-electron chi connectivity index (χ2n) is 5.83. The number of aromatic nitrogens is 3. The van der Waals surface area contributed by atoms with Gasteiger partial charge in [0.2, 0.25) is 5.95 Å². The van der Waals surface area contributed by atoms with E-state index in [0.717, 1.165) is 11.6 Å². The molecule has 0 atom stereocenters. The molecule has 20 heavy (non-hydrogen) atoms. The second-order valence-corrected chi connectivity index (χ2v) is 5.83. The van der Waals surface area contributed by atoms with Crippen LogP contribution in [0.25, 0.3) is 5.65 Å². The standard InChI is InChI=1S/C15H23N5/c1-11-4-9-14-17-15(18-20(14)10-11)19(3)13-7-5-12(16-2)6-8-13/h4,9-10,12-13,16H,5-8H2,1-3H3. The average Bonchev–Trinajstić information content (AvgIpc) is 2.89. The van der Waals surface area contributed by atoms with Gasteiger partial charge < -0.3 is 10.2 Å². The molecule has 108 valence electrons. The van der Waals surface area contributed by atoms with Crippen LogP contribution in [0.1, 0.15) is 31.2 Å². The van der Waals surface area contributed by atoms with Crippen LogP contribution in [0.2, 0.25) is 0 Å². The molecule has 2 aromatic rings. The summed E-state index contributed by atoms with van der Waals surface area (Å²) in [5.74, 6) is 0.837. The van der Waals surface area contributed by atoms with Gasteiger partial charge in [0.1, 0.15) is 0 Å². The van der Waals surface area contributed by atoms with Crippen molar-refractivity contribution in [2.75, 3.05) is 19.0 Å². The number of nitrogens with one attached hydrogen (secondary N) is 1. The van der Waals surface area contributed by atoms with E-state index in [0.29, 0.717) is 12.1 Å². The Bertz CT molecular complexity index is 583. The molecule has 1 saturated carbocycles. The molecule has 3 rings (SSSR count). The largest absolute Gasteiger partial charge is 0.340 e. The highest BCUT2D eigenvalue weighted by Crippen LogP contribution is 2.25. The minimum absolute atomic E-state index is 0.554. The summed E-state index contributed by atoms with van der Waals surface area (Å²) in [6, 6.07) is 5.33. The maximum atomic E-state index is 4.63. The number of fused-ring (bicyclic) bond motifs is 1. The van der Waals surface area contributed by atoms with Crippen molar-refractivity contribution in [3.63, 3.8) is 0 Å². The molecule has 2 aromatic heterocycles. The van der Waals surface area contributed by atoms with Crippen molar-refractivity contribution < 1.29 is 0 Å². The number of pyridine rings is 1. The molecule has 5 heteroatoms. The van der Waals surface area contributed by atoms with Crippen molar-refractivity contribution in [3.8, 4) is 0 Å². The van der Waals surface area contributed by atoms with E-state index in [2.05, 4.69) is 47.4 Å². The summed E-state index contributed by atoms with van der Waals surface area (Å²) in [7, 11) is 4.17. The van der Waals surface area contributed by atoms with Crippen molar-refractivity contribution in [2.24, 2.45) is 0 Å². The summed E-state index contributed by atoms with van der Waals surface area (Å²) in [4.78, 5) is 6.87. The van der Waals surface area contributed by atoms with Gasteiger partial charge in [-0.05, 0) is 51.3 Å². The summed E-state index contributed by atoms with van der Waals surface area (Å²) in [5.41, 5.74) is 2.12. The zero-order chi connectivity index (χ0) is 14.1. The van der Waals surface area contributed by atoms with Gasteiger partial charge >= 0.3 is 0 Å². The Morgan fingerprint density at radius 2 is 2.00 bits per heavy atom. The monoisotopic (exact) mass is 273 g/mol. The number of hydrogen-bond acceptors (Lipinski definition) is 4. The highest BCUT2D eigenvalue weighted by Gasteiger charge is 2.25. The molecule has 0 aliphatic heterocycles. The van der Waals surface area contributed by atoms with Gasteiger partial charge in [0.15, 0.2) is 5.65 Å². The van der Waals surface area contributed by atoms with Crippen LogP contribution in [0.15, 0.2) is 18.3 Å². The third kappa shape index (κ3) is 2.50. The molecule has 0 amide bonds. The number of rotatable bonds is 3. The highest BCUT2D eigenvalue weighted by molar-refractivity contribution is 5.45. The summed E-state index contributed by atoms with van der Waals surface area (Å²) < 4.78 is 1.88. The van der Waals surface area contributed by atoms with Crippen LogP contribution >= 0.6 is 0 Å². The molecule has 0 unspecified atom stereocenters. The molecule has 0 radical (unpaired) electrons. The minimum atomic E-state index is 0.554.